The molecule has 0 rings (SSSR count). The molecule has 0 amide bonds. The molecule has 1 atom stereocenters. The zero-order chi connectivity index (χ0) is 10.1. The highest BCUT2D eigenvalue weighted by Gasteiger charge is 2.11. The number of azide groups is 1. The van der Waals surface area contributed by atoms with Gasteiger partial charge in [0, 0.05) is 11.0 Å². The maximum Gasteiger partial charge on any atom is 0.306 e. The molecule has 0 N–H and O–H groups in total. The van der Waals surface area contributed by atoms with Crippen molar-refractivity contribution in [3.8, 4) is 0 Å². The SMILES string of the molecule is CCCC(CC(=O)OCC)N=[N+]=[N-]. The summed E-state index contributed by atoms with van der Waals surface area (Å²) in [5, 5.41) is 3.52. The second-order valence-electron chi connectivity index (χ2n) is 2.66. The number of hydrogen-bond acceptors (Lipinski definition) is 3. The molecule has 0 aliphatic heterocycles. The van der Waals surface area contributed by atoms with E-state index < -0.39 is 0 Å². The zero-order valence-corrected chi connectivity index (χ0v) is 8.06. The Kier molecular flexibility index (Phi) is 6.73. The average molecular weight is 185 g/mol. The zero-order valence-electron chi connectivity index (χ0n) is 8.06. The van der Waals surface area contributed by atoms with E-state index in [1.165, 1.54) is 0 Å². The van der Waals surface area contributed by atoms with Gasteiger partial charge in [-0.1, -0.05) is 18.5 Å². The first-order valence-corrected chi connectivity index (χ1v) is 4.44. The van der Waals surface area contributed by atoms with Crippen LogP contribution in [0.4, 0.5) is 0 Å². The van der Waals surface area contributed by atoms with Crippen molar-refractivity contribution >= 4 is 5.97 Å². The van der Waals surface area contributed by atoms with Gasteiger partial charge in [-0.05, 0) is 18.9 Å². The average Bonchev–Trinajstić information content (AvgIpc) is 2.05. The van der Waals surface area contributed by atoms with Gasteiger partial charge in [-0.25, -0.2) is 0 Å². The fraction of sp³-hybridized carbons (Fsp3) is 0.875. The number of esters is 1. The Balaban J connectivity index is 3.93. The predicted octanol–water partition coefficient (Wildman–Crippen LogP) is 2.42. The van der Waals surface area contributed by atoms with Gasteiger partial charge in [-0.2, -0.15) is 0 Å². The molecule has 0 aliphatic rings. The summed E-state index contributed by atoms with van der Waals surface area (Å²) < 4.78 is 4.74. The molecule has 5 heteroatoms. The summed E-state index contributed by atoms with van der Waals surface area (Å²) in [5.74, 6) is -0.298. The van der Waals surface area contributed by atoms with E-state index in [1.54, 1.807) is 6.92 Å². The molecule has 0 radical (unpaired) electrons. The molecule has 0 saturated carbocycles. The number of ether oxygens (including phenoxy) is 1. The summed E-state index contributed by atoms with van der Waals surface area (Å²) in [6.45, 7) is 4.10. The van der Waals surface area contributed by atoms with Crippen LogP contribution in [0.1, 0.15) is 33.1 Å². The molecule has 0 heterocycles. The van der Waals surface area contributed by atoms with Gasteiger partial charge < -0.3 is 4.74 Å². The summed E-state index contributed by atoms with van der Waals surface area (Å²) in [5.41, 5.74) is 8.21. The Morgan fingerprint density at radius 2 is 2.31 bits per heavy atom. The normalized spacial score (nSPS) is 11.5. The molecule has 0 bridgehead atoms. The van der Waals surface area contributed by atoms with Crippen LogP contribution >= 0.6 is 0 Å². The predicted molar refractivity (Wildman–Crippen MR) is 49.1 cm³/mol. The van der Waals surface area contributed by atoms with Crippen molar-refractivity contribution in [2.45, 2.75) is 39.2 Å². The highest BCUT2D eigenvalue weighted by molar-refractivity contribution is 5.70. The molecule has 0 aromatic carbocycles. The maximum absolute atomic E-state index is 11.0. The first-order chi connectivity index (χ1) is 6.24. The first-order valence-electron chi connectivity index (χ1n) is 4.44. The van der Waals surface area contributed by atoms with Crippen LogP contribution < -0.4 is 0 Å². The van der Waals surface area contributed by atoms with E-state index in [9.17, 15) is 4.79 Å². The van der Waals surface area contributed by atoms with Gasteiger partial charge in [0.2, 0.25) is 0 Å². The van der Waals surface area contributed by atoms with Crippen LogP contribution in [-0.2, 0) is 9.53 Å². The fourth-order valence-corrected chi connectivity index (χ4v) is 1.02. The number of carbonyl (C=O) groups is 1. The van der Waals surface area contributed by atoms with Crippen LogP contribution in [0.3, 0.4) is 0 Å². The Labute approximate surface area is 77.7 Å². The van der Waals surface area contributed by atoms with Crippen LogP contribution in [0.25, 0.3) is 10.4 Å². The van der Waals surface area contributed by atoms with Crippen molar-refractivity contribution in [3.05, 3.63) is 10.4 Å². The maximum atomic E-state index is 11.0. The van der Waals surface area contributed by atoms with E-state index in [0.717, 1.165) is 12.8 Å². The first kappa shape index (κ1) is 11.8. The second-order valence-corrected chi connectivity index (χ2v) is 2.66. The topological polar surface area (TPSA) is 75.1 Å². The van der Waals surface area contributed by atoms with Crippen molar-refractivity contribution in [1.82, 2.24) is 0 Å². The van der Waals surface area contributed by atoms with Crippen LogP contribution in [0, 0.1) is 0 Å². The number of rotatable bonds is 6. The van der Waals surface area contributed by atoms with Crippen LogP contribution in [0.2, 0.25) is 0 Å². The van der Waals surface area contributed by atoms with Crippen LogP contribution in [0.5, 0.6) is 0 Å². The van der Waals surface area contributed by atoms with Crippen molar-refractivity contribution < 1.29 is 9.53 Å². The van der Waals surface area contributed by atoms with Crippen molar-refractivity contribution in [3.63, 3.8) is 0 Å². The summed E-state index contributed by atoms with van der Waals surface area (Å²) in [6, 6.07) is -0.256. The molecule has 0 saturated heterocycles. The van der Waals surface area contributed by atoms with E-state index >= 15 is 0 Å². The van der Waals surface area contributed by atoms with E-state index in [4.69, 9.17) is 10.3 Å². The van der Waals surface area contributed by atoms with Gasteiger partial charge in [-0.15, -0.1) is 0 Å². The lowest BCUT2D eigenvalue weighted by Crippen LogP contribution is -2.13. The monoisotopic (exact) mass is 185 g/mol. The summed E-state index contributed by atoms with van der Waals surface area (Å²) >= 11 is 0. The van der Waals surface area contributed by atoms with Gasteiger partial charge in [0.25, 0.3) is 0 Å². The molecule has 74 valence electrons. The lowest BCUT2D eigenvalue weighted by Gasteiger charge is -2.07. The van der Waals surface area contributed by atoms with E-state index in [-0.39, 0.29) is 18.4 Å². The molecule has 1 unspecified atom stereocenters. The van der Waals surface area contributed by atoms with Crippen molar-refractivity contribution in [1.29, 1.82) is 0 Å². The largest absolute Gasteiger partial charge is 0.466 e. The smallest absolute Gasteiger partial charge is 0.306 e. The summed E-state index contributed by atoms with van der Waals surface area (Å²) in [4.78, 5) is 13.7. The third kappa shape index (κ3) is 5.99. The molecular formula is C8H15N3O2. The summed E-state index contributed by atoms with van der Waals surface area (Å²) in [7, 11) is 0. The third-order valence-corrected chi connectivity index (χ3v) is 1.54. The Morgan fingerprint density at radius 1 is 1.62 bits per heavy atom. The minimum Gasteiger partial charge on any atom is -0.466 e. The van der Waals surface area contributed by atoms with Gasteiger partial charge in [0.1, 0.15) is 0 Å². The van der Waals surface area contributed by atoms with Gasteiger partial charge in [0.05, 0.1) is 13.0 Å². The Hall–Kier alpha value is -1.22. The third-order valence-electron chi connectivity index (χ3n) is 1.54. The molecule has 0 aromatic heterocycles. The molecule has 13 heavy (non-hydrogen) atoms. The highest BCUT2D eigenvalue weighted by atomic mass is 16.5. The molecule has 0 spiro atoms. The van der Waals surface area contributed by atoms with E-state index in [2.05, 4.69) is 10.0 Å². The second kappa shape index (κ2) is 7.43. The van der Waals surface area contributed by atoms with Crippen molar-refractivity contribution in [2.75, 3.05) is 6.61 Å². The summed E-state index contributed by atoms with van der Waals surface area (Å²) in [6.07, 6.45) is 1.80. The standard InChI is InChI=1S/C8H15N3O2/c1-3-5-7(10-11-9)6-8(12)13-4-2/h7H,3-6H2,1-2H3. The fourth-order valence-electron chi connectivity index (χ4n) is 1.02. The molecule has 0 fully saturated rings. The van der Waals surface area contributed by atoms with Crippen LogP contribution in [-0.4, -0.2) is 18.6 Å². The van der Waals surface area contributed by atoms with E-state index in [1.807, 2.05) is 6.92 Å². The van der Waals surface area contributed by atoms with Gasteiger partial charge in [0.15, 0.2) is 0 Å². The Morgan fingerprint density at radius 3 is 2.77 bits per heavy atom. The van der Waals surface area contributed by atoms with Gasteiger partial charge in [-0.3, -0.25) is 4.79 Å². The minimum atomic E-state index is -0.298. The number of nitrogens with zero attached hydrogens (tertiary/aromatic N) is 3. The lowest BCUT2D eigenvalue weighted by molar-refractivity contribution is -0.143. The molecule has 0 aliphatic carbocycles. The molecular weight excluding hydrogens is 170 g/mol. The number of hydrogen-bond donors (Lipinski definition) is 0. The van der Waals surface area contributed by atoms with Gasteiger partial charge >= 0.3 is 5.97 Å². The van der Waals surface area contributed by atoms with E-state index in [0.29, 0.717) is 6.61 Å². The van der Waals surface area contributed by atoms with Crippen molar-refractivity contribution in [2.24, 2.45) is 5.11 Å². The van der Waals surface area contributed by atoms with Crippen LogP contribution in [0.15, 0.2) is 5.11 Å². The quantitative estimate of drug-likeness (QED) is 0.276. The number of carbonyl (C=O) groups excluding carboxylic acids is 1. The molecule has 0 aromatic rings. The highest BCUT2D eigenvalue weighted by Crippen LogP contribution is 2.07. The Bertz CT molecular complexity index is 200. The molecule has 5 nitrogen and oxygen atoms in total. The minimum absolute atomic E-state index is 0.186. The lowest BCUT2D eigenvalue weighted by atomic mass is 10.1.